The molecule has 0 radical (unpaired) electrons. The Labute approximate surface area is 206 Å². The maximum Gasteiger partial charge on any atom is 0.303 e. The van der Waals surface area contributed by atoms with Gasteiger partial charge >= 0.3 is 11.9 Å². The first-order valence-electron chi connectivity index (χ1n) is 11.9. The van der Waals surface area contributed by atoms with Crippen LogP contribution in [0.3, 0.4) is 0 Å². The van der Waals surface area contributed by atoms with E-state index in [0.717, 1.165) is 6.42 Å². The molecule has 6 N–H and O–H groups in total. The lowest BCUT2D eigenvalue weighted by Crippen LogP contribution is -2.50. The third-order valence-electron chi connectivity index (χ3n) is 5.12. The maximum atomic E-state index is 12.4. The van der Waals surface area contributed by atoms with Crippen molar-refractivity contribution < 1.29 is 39.0 Å². The summed E-state index contributed by atoms with van der Waals surface area (Å²) in [7, 11) is 0. The molecule has 2 unspecified atom stereocenters. The maximum absolute atomic E-state index is 12.4. The Bertz CT molecular complexity index is 679. The molecule has 200 valence electrons. The number of carbonyl (C=O) groups is 6. The third kappa shape index (κ3) is 15.4. The van der Waals surface area contributed by atoms with E-state index in [1.54, 1.807) is 27.7 Å². The molecule has 0 fully saturated rings. The van der Waals surface area contributed by atoms with E-state index in [-0.39, 0.29) is 49.3 Å². The molecule has 0 aliphatic carbocycles. The summed E-state index contributed by atoms with van der Waals surface area (Å²) in [6, 6.07) is -1.51. The molecular formula is C23H40N4O8. The lowest BCUT2D eigenvalue weighted by atomic mass is 10.0. The number of nitrogens with one attached hydrogen (secondary N) is 4. The number of unbranched alkanes of at least 4 members (excludes halogenated alkanes) is 2. The van der Waals surface area contributed by atoms with Crippen LogP contribution in [0.2, 0.25) is 0 Å². The second-order valence-electron chi connectivity index (χ2n) is 9.01. The summed E-state index contributed by atoms with van der Waals surface area (Å²) in [4.78, 5) is 69.6. The molecule has 35 heavy (non-hydrogen) atoms. The molecule has 12 heteroatoms. The number of hydrogen-bond acceptors (Lipinski definition) is 6. The van der Waals surface area contributed by atoms with E-state index < -0.39 is 35.8 Å². The van der Waals surface area contributed by atoms with Gasteiger partial charge in [-0.2, -0.15) is 0 Å². The molecule has 4 amide bonds. The summed E-state index contributed by atoms with van der Waals surface area (Å²) in [5, 5.41) is 28.0. The quantitative estimate of drug-likeness (QED) is 0.146. The van der Waals surface area contributed by atoms with Crippen LogP contribution in [0.15, 0.2) is 0 Å². The van der Waals surface area contributed by atoms with E-state index >= 15 is 0 Å². The lowest BCUT2D eigenvalue weighted by Gasteiger charge is -2.22. The minimum Gasteiger partial charge on any atom is -0.481 e. The second kappa shape index (κ2) is 17.3. The highest BCUT2D eigenvalue weighted by atomic mass is 16.4. The van der Waals surface area contributed by atoms with Gasteiger partial charge in [0, 0.05) is 25.9 Å². The predicted octanol–water partition coefficient (Wildman–Crippen LogP) is 0.400. The van der Waals surface area contributed by atoms with E-state index in [2.05, 4.69) is 21.3 Å². The summed E-state index contributed by atoms with van der Waals surface area (Å²) < 4.78 is 0. The van der Waals surface area contributed by atoms with Crippen molar-refractivity contribution in [2.24, 2.45) is 11.8 Å². The molecule has 0 heterocycles. The molecule has 0 saturated carbocycles. The Morgan fingerprint density at radius 3 is 1.20 bits per heavy atom. The zero-order chi connectivity index (χ0) is 27.0. The Balaban J connectivity index is 4.27. The first-order valence-corrected chi connectivity index (χ1v) is 11.9. The first-order chi connectivity index (χ1) is 16.3. The molecule has 0 bridgehead atoms. The fourth-order valence-electron chi connectivity index (χ4n) is 3.07. The summed E-state index contributed by atoms with van der Waals surface area (Å²) in [5.74, 6) is -4.16. The number of hydrogen-bond donors (Lipinski definition) is 6. The summed E-state index contributed by atoms with van der Waals surface area (Å²) in [6.07, 6.45) is 1.03. The van der Waals surface area contributed by atoms with Crippen LogP contribution in [0, 0.1) is 11.8 Å². The smallest absolute Gasteiger partial charge is 0.303 e. The minimum absolute atomic E-state index is 0.169. The van der Waals surface area contributed by atoms with Gasteiger partial charge in [-0.15, -0.1) is 0 Å². The largest absolute Gasteiger partial charge is 0.481 e. The number of rotatable bonds is 18. The Morgan fingerprint density at radius 1 is 0.571 bits per heavy atom. The van der Waals surface area contributed by atoms with Gasteiger partial charge in [-0.05, 0) is 31.1 Å². The van der Waals surface area contributed by atoms with Crippen molar-refractivity contribution in [3.05, 3.63) is 0 Å². The van der Waals surface area contributed by atoms with Gasteiger partial charge in [-0.3, -0.25) is 28.8 Å². The molecule has 0 aromatic carbocycles. The van der Waals surface area contributed by atoms with Crippen molar-refractivity contribution in [2.75, 3.05) is 13.1 Å². The number of carboxylic acids is 2. The van der Waals surface area contributed by atoms with Gasteiger partial charge in [0.2, 0.25) is 23.6 Å². The number of aliphatic carboxylic acids is 2. The van der Waals surface area contributed by atoms with Gasteiger partial charge in [0.05, 0.1) is 12.8 Å². The Hall–Kier alpha value is -3.18. The molecule has 2 atom stereocenters. The highest BCUT2D eigenvalue weighted by Gasteiger charge is 2.25. The zero-order valence-electron chi connectivity index (χ0n) is 21.0. The monoisotopic (exact) mass is 500 g/mol. The highest BCUT2D eigenvalue weighted by molar-refractivity contribution is 5.89. The molecule has 0 aromatic rings. The van der Waals surface area contributed by atoms with Crippen molar-refractivity contribution in [2.45, 2.75) is 84.7 Å². The van der Waals surface area contributed by atoms with Gasteiger partial charge in [0.15, 0.2) is 0 Å². The fraction of sp³-hybridized carbons (Fsp3) is 0.739. The molecule has 0 aromatic heterocycles. The van der Waals surface area contributed by atoms with Crippen LogP contribution >= 0.6 is 0 Å². The van der Waals surface area contributed by atoms with Crippen LogP contribution in [-0.2, 0) is 28.8 Å². The lowest BCUT2D eigenvalue weighted by molar-refractivity contribution is -0.139. The number of carbonyl (C=O) groups excluding carboxylic acids is 4. The molecule has 0 spiro atoms. The molecule has 12 nitrogen and oxygen atoms in total. The normalized spacial score (nSPS) is 12.5. The van der Waals surface area contributed by atoms with E-state index in [4.69, 9.17) is 10.2 Å². The van der Waals surface area contributed by atoms with Crippen LogP contribution < -0.4 is 21.3 Å². The van der Waals surface area contributed by atoms with Gasteiger partial charge in [-0.25, -0.2) is 0 Å². The van der Waals surface area contributed by atoms with Crippen LogP contribution in [0.5, 0.6) is 0 Å². The van der Waals surface area contributed by atoms with E-state index in [1.807, 2.05) is 0 Å². The van der Waals surface area contributed by atoms with Gasteiger partial charge < -0.3 is 31.5 Å². The minimum atomic E-state index is -1.08. The second-order valence-corrected chi connectivity index (χ2v) is 9.01. The average molecular weight is 501 g/mol. The summed E-state index contributed by atoms with van der Waals surface area (Å²) in [5.41, 5.74) is 0. The highest BCUT2D eigenvalue weighted by Crippen LogP contribution is 2.05. The van der Waals surface area contributed by atoms with Gasteiger partial charge in [-0.1, -0.05) is 27.7 Å². The van der Waals surface area contributed by atoms with Crippen molar-refractivity contribution in [1.82, 2.24) is 21.3 Å². The topological polar surface area (TPSA) is 191 Å². The molecular weight excluding hydrogens is 460 g/mol. The van der Waals surface area contributed by atoms with Crippen molar-refractivity contribution in [3.63, 3.8) is 0 Å². The van der Waals surface area contributed by atoms with Crippen LogP contribution in [0.25, 0.3) is 0 Å². The number of amides is 4. The van der Waals surface area contributed by atoms with E-state index in [0.29, 0.717) is 25.9 Å². The molecule has 0 saturated heterocycles. The number of carboxylic acid groups (broad SMARTS) is 2. The van der Waals surface area contributed by atoms with Crippen LogP contribution in [-0.4, -0.2) is 71.0 Å². The van der Waals surface area contributed by atoms with E-state index in [1.165, 1.54) is 0 Å². The van der Waals surface area contributed by atoms with E-state index in [9.17, 15) is 28.8 Å². The molecule has 0 aliphatic heterocycles. The van der Waals surface area contributed by atoms with Crippen molar-refractivity contribution in [3.8, 4) is 0 Å². The molecule has 0 rings (SSSR count). The third-order valence-corrected chi connectivity index (χ3v) is 5.12. The van der Waals surface area contributed by atoms with Crippen molar-refractivity contribution in [1.29, 1.82) is 0 Å². The van der Waals surface area contributed by atoms with Gasteiger partial charge in [0.1, 0.15) is 12.1 Å². The predicted molar refractivity (Wildman–Crippen MR) is 127 cm³/mol. The summed E-state index contributed by atoms with van der Waals surface area (Å²) >= 11 is 0. The SMILES string of the molecule is CC(C)C(NC(=O)CCC(=O)O)C(=O)NCCCCCNC(=O)C(NC(=O)CCC(=O)O)C(C)C. The van der Waals surface area contributed by atoms with Gasteiger partial charge in [0.25, 0.3) is 0 Å². The summed E-state index contributed by atoms with van der Waals surface area (Å²) in [6.45, 7) is 7.89. The van der Waals surface area contributed by atoms with Crippen LogP contribution in [0.1, 0.15) is 72.6 Å². The Morgan fingerprint density at radius 2 is 0.914 bits per heavy atom. The first kappa shape index (κ1) is 31.8. The fourth-order valence-corrected chi connectivity index (χ4v) is 3.07. The van der Waals surface area contributed by atoms with Crippen molar-refractivity contribution >= 4 is 35.6 Å². The zero-order valence-corrected chi connectivity index (χ0v) is 21.0. The standard InChI is InChI=1S/C23H40N4O8/c1-14(2)20(26-16(28)8-10-18(30)31)22(34)24-12-6-5-7-13-25-23(35)21(15(3)4)27-17(29)9-11-19(32)33/h14-15,20-21H,5-13H2,1-4H3,(H,24,34)(H,25,35)(H,26,28)(H,27,29)(H,30,31)(H,32,33). The van der Waals surface area contributed by atoms with Crippen LogP contribution in [0.4, 0.5) is 0 Å². The Kier molecular flexibility index (Phi) is 15.7. The average Bonchev–Trinajstić information content (AvgIpc) is 2.76. The molecule has 0 aliphatic rings.